The lowest BCUT2D eigenvalue weighted by atomic mass is 10.1. The summed E-state index contributed by atoms with van der Waals surface area (Å²) in [5.74, 6) is 0.938. The third-order valence-electron chi connectivity index (χ3n) is 5.51. The maximum atomic E-state index is 12.7. The van der Waals surface area contributed by atoms with Gasteiger partial charge < -0.3 is 21.3 Å². The Hall–Kier alpha value is -3.96. The fourth-order valence-corrected chi connectivity index (χ4v) is 3.95. The molecule has 182 valence electrons. The molecule has 1 aromatic carbocycles. The maximum absolute atomic E-state index is 12.7. The van der Waals surface area contributed by atoms with Crippen molar-refractivity contribution in [3.63, 3.8) is 0 Å². The quantitative estimate of drug-likeness (QED) is 0.243. The molecule has 1 aliphatic heterocycles. The van der Waals surface area contributed by atoms with Crippen molar-refractivity contribution >= 4 is 46.3 Å². The highest BCUT2D eigenvalue weighted by Crippen LogP contribution is 2.33. The number of hydrogen-bond acceptors (Lipinski definition) is 9. The van der Waals surface area contributed by atoms with Gasteiger partial charge in [-0.3, -0.25) is 19.8 Å². The number of carbonyl (C=O) groups excluding carboxylic acids is 1. The highest BCUT2D eigenvalue weighted by atomic mass is 35.5. The monoisotopic (exact) mass is 496 g/mol. The summed E-state index contributed by atoms with van der Waals surface area (Å²) < 4.78 is 0. The van der Waals surface area contributed by atoms with Crippen LogP contribution in [0.3, 0.4) is 0 Å². The van der Waals surface area contributed by atoms with Crippen LogP contribution in [0.2, 0.25) is 5.02 Å². The number of benzene rings is 1. The number of nitrogen functional groups attached to an aromatic ring is 1. The number of hydrogen-bond donors (Lipinski definition) is 3. The predicted molar refractivity (Wildman–Crippen MR) is 137 cm³/mol. The van der Waals surface area contributed by atoms with Gasteiger partial charge in [-0.15, -0.1) is 0 Å². The molecule has 3 aromatic rings. The average Bonchev–Trinajstić information content (AvgIpc) is 2.82. The number of nitrogens with one attached hydrogen (secondary N) is 2. The van der Waals surface area contributed by atoms with Gasteiger partial charge in [-0.05, 0) is 37.4 Å². The van der Waals surface area contributed by atoms with Gasteiger partial charge in [0.25, 0.3) is 0 Å². The molecule has 35 heavy (non-hydrogen) atoms. The van der Waals surface area contributed by atoms with E-state index < -0.39 is 4.92 Å². The fourth-order valence-electron chi connectivity index (χ4n) is 3.76. The number of halogens is 1. The van der Waals surface area contributed by atoms with Crippen LogP contribution in [0.5, 0.6) is 0 Å². The van der Waals surface area contributed by atoms with E-state index in [1.807, 2.05) is 42.3 Å². The van der Waals surface area contributed by atoms with Crippen LogP contribution in [-0.2, 0) is 4.79 Å². The van der Waals surface area contributed by atoms with Gasteiger partial charge in [0, 0.05) is 42.8 Å². The summed E-state index contributed by atoms with van der Waals surface area (Å²) in [6.07, 6.45) is 0. The van der Waals surface area contributed by atoms with E-state index in [4.69, 9.17) is 22.3 Å². The van der Waals surface area contributed by atoms with Crippen molar-refractivity contribution < 1.29 is 9.72 Å². The number of aromatic nitrogens is 2. The summed E-state index contributed by atoms with van der Waals surface area (Å²) in [5, 5.41) is 17.8. The Morgan fingerprint density at radius 1 is 1.09 bits per heavy atom. The molecule has 0 radical (unpaired) electrons. The van der Waals surface area contributed by atoms with E-state index in [1.54, 1.807) is 11.0 Å². The van der Waals surface area contributed by atoms with Crippen molar-refractivity contribution in [2.45, 2.75) is 0 Å². The molecule has 0 spiro atoms. The van der Waals surface area contributed by atoms with Crippen molar-refractivity contribution in [2.75, 3.05) is 61.0 Å². The molecule has 1 saturated heterocycles. The average molecular weight is 497 g/mol. The Balaban J connectivity index is 1.49. The molecule has 1 amide bonds. The van der Waals surface area contributed by atoms with Gasteiger partial charge in [0.2, 0.25) is 11.7 Å². The number of amides is 1. The zero-order valence-electron chi connectivity index (χ0n) is 19.1. The largest absolute Gasteiger partial charge is 0.378 e. The molecular weight excluding hydrogens is 472 g/mol. The van der Waals surface area contributed by atoms with E-state index >= 15 is 0 Å². The van der Waals surface area contributed by atoms with Crippen LogP contribution in [0, 0.1) is 10.1 Å². The highest BCUT2D eigenvalue weighted by molar-refractivity contribution is 6.30. The van der Waals surface area contributed by atoms with Crippen LogP contribution in [0.4, 0.5) is 28.8 Å². The third kappa shape index (κ3) is 5.76. The SMILES string of the molecule is CN1CCN(c2ccc(NCCNc3ccc([N+](=O)[O-])c(N)n3)nc2-c2cccc(Cl)c2)C(=O)C1. The lowest BCUT2D eigenvalue weighted by Crippen LogP contribution is -2.49. The van der Waals surface area contributed by atoms with Crippen LogP contribution in [-0.4, -0.2) is 65.5 Å². The van der Waals surface area contributed by atoms with Crippen molar-refractivity contribution in [1.82, 2.24) is 14.9 Å². The zero-order valence-corrected chi connectivity index (χ0v) is 19.8. The second-order valence-corrected chi connectivity index (χ2v) is 8.51. The minimum atomic E-state index is -0.573. The second-order valence-electron chi connectivity index (χ2n) is 8.07. The van der Waals surface area contributed by atoms with Gasteiger partial charge in [0.05, 0.1) is 22.8 Å². The first kappa shape index (κ1) is 24.2. The summed E-state index contributed by atoms with van der Waals surface area (Å²) in [7, 11) is 1.92. The number of piperazine rings is 1. The summed E-state index contributed by atoms with van der Waals surface area (Å²) in [4.78, 5) is 35.6. The Bertz CT molecular complexity index is 1260. The molecule has 4 N–H and O–H groups in total. The number of anilines is 4. The second kappa shape index (κ2) is 10.5. The molecule has 1 aliphatic rings. The number of likely N-dealkylation sites (N-methyl/N-ethyl adjacent to an activating group) is 1. The number of carbonyl (C=O) groups is 1. The molecule has 2 aromatic heterocycles. The van der Waals surface area contributed by atoms with Crippen molar-refractivity contribution in [3.8, 4) is 11.3 Å². The molecule has 3 heterocycles. The summed E-state index contributed by atoms with van der Waals surface area (Å²) >= 11 is 6.23. The Kier molecular flexibility index (Phi) is 7.28. The number of nitrogens with zero attached hydrogens (tertiary/aromatic N) is 5. The van der Waals surface area contributed by atoms with E-state index in [0.29, 0.717) is 48.5 Å². The predicted octanol–water partition coefficient (Wildman–Crippen LogP) is 3.09. The topological polar surface area (TPSA) is 143 Å². The van der Waals surface area contributed by atoms with Gasteiger partial charge in [0.15, 0.2) is 0 Å². The van der Waals surface area contributed by atoms with Gasteiger partial charge in [-0.25, -0.2) is 9.97 Å². The number of nitro groups is 1. The third-order valence-corrected chi connectivity index (χ3v) is 5.75. The van der Waals surface area contributed by atoms with E-state index in [2.05, 4.69) is 15.6 Å². The minimum Gasteiger partial charge on any atom is -0.378 e. The first-order valence-corrected chi connectivity index (χ1v) is 11.3. The van der Waals surface area contributed by atoms with Crippen LogP contribution < -0.4 is 21.3 Å². The summed E-state index contributed by atoms with van der Waals surface area (Å²) in [5.41, 5.74) is 7.61. The zero-order chi connectivity index (χ0) is 24.9. The molecule has 1 fully saturated rings. The molecule has 11 nitrogen and oxygen atoms in total. The molecule has 0 aliphatic carbocycles. The van der Waals surface area contributed by atoms with Crippen molar-refractivity contribution in [1.29, 1.82) is 0 Å². The molecule has 0 atom stereocenters. The molecular formula is C23H25ClN8O3. The van der Waals surface area contributed by atoms with Crippen molar-refractivity contribution in [2.24, 2.45) is 0 Å². The first-order chi connectivity index (χ1) is 16.8. The van der Waals surface area contributed by atoms with Gasteiger partial charge in [-0.2, -0.15) is 0 Å². The molecule has 0 unspecified atom stereocenters. The number of pyridine rings is 2. The van der Waals surface area contributed by atoms with Gasteiger partial charge in [0.1, 0.15) is 11.6 Å². The van der Waals surface area contributed by atoms with E-state index in [9.17, 15) is 14.9 Å². The van der Waals surface area contributed by atoms with Crippen molar-refractivity contribution in [3.05, 3.63) is 63.7 Å². The maximum Gasteiger partial charge on any atom is 0.311 e. The molecule has 0 bridgehead atoms. The van der Waals surface area contributed by atoms with Gasteiger partial charge >= 0.3 is 5.69 Å². The Labute approximate surface area is 207 Å². The standard InChI is InChI=1S/C23H25ClN8O3/c1-30-11-12-31(21(33)14-30)17-5-7-19(28-22(17)15-3-2-4-16(24)13-15)26-9-10-27-20-8-6-18(32(34)35)23(25)29-20/h2-8,13H,9-12,14H2,1H3,(H,26,28)(H3,25,27,29). The normalized spacial score (nSPS) is 14.1. The van der Waals surface area contributed by atoms with Crippen LogP contribution in [0.15, 0.2) is 48.5 Å². The van der Waals surface area contributed by atoms with E-state index in [1.165, 1.54) is 12.1 Å². The van der Waals surface area contributed by atoms with E-state index in [0.717, 1.165) is 17.8 Å². The van der Waals surface area contributed by atoms with Crippen LogP contribution in [0.25, 0.3) is 11.3 Å². The smallest absolute Gasteiger partial charge is 0.311 e. The molecule has 12 heteroatoms. The lowest BCUT2D eigenvalue weighted by Gasteiger charge is -2.33. The fraction of sp³-hybridized carbons (Fsp3) is 0.261. The Morgan fingerprint density at radius 2 is 1.80 bits per heavy atom. The summed E-state index contributed by atoms with van der Waals surface area (Å²) in [6, 6.07) is 13.9. The Morgan fingerprint density at radius 3 is 2.46 bits per heavy atom. The molecule has 4 rings (SSSR count). The molecule has 0 saturated carbocycles. The first-order valence-electron chi connectivity index (χ1n) is 11.0. The highest BCUT2D eigenvalue weighted by Gasteiger charge is 2.26. The minimum absolute atomic E-state index is 0.0172. The lowest BCUT2D eigenvalue weighted by molar-refractivity contribution is -0.384. The van der Waals surface area contributed by atoms with E-state index in [-0.39, 0.29) is 17.4 Å². The van der Waals surface area contributed by atoms with Crippen LogP contribution in [0.1, 0.15) is 0 Å². The summed E-state index contributed by atoms with van der Waals surface area (Å²) in [6.45, 7) is 2.66. The number of nitrogens with two attached hydrogens (primary N) is 1. The van der Waals surface area contributed by atoms with Crippen LogP contribution >= 0.6 is 11.6 Å². The number of rotatable bonds is 8. The van der Waals surface area contributed by atoms with Gasteiger partial charge in [-0.1, -0.05) is 23.7 Å².